The Bertz CT molecular complexity index is 1020. The van der Waals surface area contributed by atoms with Gasteiger partial charge >= 0.3 is 0 Å². The molecule has 0 amide bonds. The highest BCUT2D eigenvalue weighted by Gasteiger charge is 2.27. The summed E-state index contributed by atoms with van der Waals surface area (Å²) in [5, 5.41) is 7.55. The SMILES string of the molecule is Cc1ccc(C)c(C(=O)c2ccccc2-c2nc(C3CNCCN3C)no2)c1.Cl. The van der Waals surface area contributed by atoms with Crippen LogP contribution in [0.15, 0.2) is 47.0 Å². The van der Waals surface area contributed by atoms with Gasteiger partial charge in [0.05, 0.1) is 11.6 Å². The first-order valence-electron chi connectivity index (χ1n) is 9.50. The summed E-state index contributed by atoms with van der Waals surface area (Å²) >= 11 is 0. The molecule has 3 aromatic rings. The van der Waals surface area contributed by atoms with E-state index in [0.29, 0.717) is 28.4 Å². The van der Waals surface area contributed by atoms with Crippen LogP contribution < -0.4 is 5.32 Å². The lowest BCUT2D eigenvalue weighted by Gasteiger charge is -2.30. The van der Waals surface area contributed by atoms with Crippen LogP contribution in [0.1, 0.15) is 38.9 Å². The number of likely N-dealkylation sites (N-methyl/N-ethyl adjacent to an activating group) is 1. The third-order valence-corrected chi connectivity index (χ3v) is 5.29. The monoisotopic (exact) mass is 412 g/mol. The van der Waals surface area contributed by atoms with Crippen molar-refractivity contribution < 1.29 is 9.32 Å². The molecule has 1 N–H and O–H groups in total. The van der Waals surface area contributed by atoms with E-state index >= 15 is 0 Å². The third kappa shape index (κ3) is 4.24. The zero-order valence-electron chi connectivity index (χ0n) is 16.8. The van der Waals surface area contributed by atoms with Gasteiger partial charge in [0.25, 0.3) is 5.89 Å². The van der Waals surface area contributed by atoms with E-state index in [0.717, 1.165) is 30.8 Å². The molecule has 1 saturated heterocycles. The molecule has 1 unspecified atom stereocenters. The number of carbonyl (C=O) groups excluding carboxylic acids is 1. The minimum absolute atomic E-state index is 0. The number of nitrogens with one attached hydrogen (secondary N) is 1. The van der Waals surface area contributed by atoms with Gasteiger partial charge in [-0.3, -0.25) is 9.69 Å². The van der Waals surface area contributed by atoms with Crippen molar-refractivity contribution in [2.75, 3.05) is 26.7 Å². The Labute approximate surface area is 176 Å². The molecule has 1 aromatic heterocycles. The van der Waals surface area contributed by atoms with E-state index in [1.807, 2.05) is 56.3 Å². The van der Waals surface area contributed by atoms with E-state index in [9.17, 15) is 4.79 Å². The first-order valence-corrected chi connectivity index (χ1v) is 9.50. The second-order valence-corrected chi connectivity index (χ2v) is 7.35. The summed E-state index contributed by atoms with van der Waals surface area (Å²) in [4.78, 5) is 20.1. The predicted octanol–water partition coefficient (Wildman–Crippen LogP) is 3.58. The molecule has 0 bridgehead atoms. The highest BCUT2D eigenvalue weighted by Crippen LogP contribution is 2.28. The Morgan fingerprint density at radius 3 is 2.76 bits per heavy atom. The van der Waals surface area contributed by atoms with Crippen LogP contribution in [0.2, 0.25) is 0 Å². The van der Waals surface area contributed by atoms with Crippen molar-refractivity contribution in [3.8, 4) is 11.5 Å². The Kier molecular flexibility index (Phi) is 6.47. The molecule has 0 spiro atoms. The van der Waals surface area contributed by atoms with E-state index in [4.69, 9.17) is 4.52 Å². The highest BCUT2D eigenvalue weighted by atomic mass is 35.5. The highest BCUT2D eigenvalue weighted by molar-refractivity contribution is 6.13. The van der Waals surface area contributed by atoms with Gasteiger partial charge in [0, 0.05) is 30.8 Å². The summed E-state index contributed by atoms with van der Waals surface area (Å²) in [5.41, 5.74) is 3.94. The minimum atomic E-state index is -0.0343. The Morgan fingerprint density at radius 2 is 1.97 bits per heavy atom. The number of halogens is 1. The quantitative estimate of drug-likeness (QED) is 0.660. The van der Waals surface area contributed by atoms with Crippen LogP contribution in [-0.2, 0) is 0 Å². The maximum Gasteiger partial charge on any atom is 0.258 e. The van der Waals surface area contributed by atoms with Crippen molar-refractivity contribution >= 4 is 18.2 Å². The van der Waals surface area contributed by atoms with E-state index in [1.54, 1.807) is 0 Å². The van der Waals surface area contributed by atoms with Gasteiger partial charge in [0.1, 0.15) is 0 Å². The number of piperazine rings is 1. The van der Waals surface area contributed by atoms with Crippen molar-refractivity contribution in [2.24, 2.45) is 0 Å². The summed E-state index contributed by atoms with van der Waals surface area (Å²) in [5.74, 6) is 0.981. The summed E-state index contributed by atoms with van der Waals surface area (Å²) in [6, 6.07) is 13.4. The van der Waals surface area contributed by atoms with E-state index in [2.05, 4.69) is 27.4 Å². The van der Waals surface area contributed by atoms with Gasteiger partial charge in [-0.25, -0.2) is 0 Å². The van der Waals surface area contributed by atoms with Crippen LogP contribution in [-0.4, -0.2) is 47.5 Å². The number of benzene rings is 2. The Morgan fingerprint density at radius 1 is 1.17 bits per heavy atom. The van der Waals surface area contributed by atoms with Crippen molar-refractivity contribution in [1.29, 1.82) is 0 Å². The zero-order valence-corrected chi connectivity index (χ0v) is 17.6. The molecule has 2 heterocycles. The topological polar surface area (TPSA) is 71.3 Å². The number of nitrogens with zero attached hydrogens (tertiary/aromatic N) is 3. The molecule has 2 aromatic carbocycles. The molecule has 1 aliphatic rings. The number of hydrogen-bond donors (Lipinski definition) is 1. The molecule has 4 rings (SSSR count). The van der Waals surface area contributed by atoms with Crippen LogP contribution in [0.5, 0.6) is 0 Å². The van der Waals surface area contributed by atoms with Gasteiger partial charge in [-0.05, 0) is 38.6 Å². The molecule has 6 nitrogen and oxygen atoms in total. The van der Waals surface area contributed by atoms with E-state index in [1.165, 1.54) is 0 Å². The number of rotatable bonds is 4. The number of aromatic nitrogens is 2. The third-order valence-electron chi connectivity index (χ3n) is 5.29. The molecule has 1 fully saturated rings. The molecule has 0 saturated carbocycles. The van der Waals surface area contributed by atoms with E-state index < -0.39 is 0 Å². The number of ketones is 1. The largest absolute Gasteiger partial charge is 0.334 e. The summed E-state index contributed by atoms with van der Waals surface area (Å²) in [7, 11) is 2.06. The Hall–Kier alpha value is -2.54. The molecular formula is C22H25ClN4O2. The molecule has 7 heteroatoms. The maximum atomic E-state index is 13.3. The fourth-order valence-corrected chi connectivity index (χ4v) is 3.57. The first kappa shape index (κ1) is 21.2. The smallest absolute Gasteiger partial charge is 0.258 e. The summed E-state index contributed by atoms with van der Waals surface area (Å²) in [6.45, 7) is 6.59. The van der Waals surface area contributed by atoms with Crippen LogP contribution in [0.4, 0.5) is 0 Å². The predicted molar refractivity (Wildman–Crippen MR) is 115 cm³/mol. The average molecular weight is 413 g/mol. The first-order chi connectivity index (χ1) is 13.5. The maximum absolute atomic E-state index is 13.3. The fourth-order valence-electron chi connectivity index (χ4n) is 3.57. The fraction of sp³-hybridized carbons (Fsp3) is 0.318. The van der Waals surface area contributed by atoms with Crippen molar-refractivity contribution in [3.63, 3.8) is 0 Å². The Balaban J connectivity index is 0.00000240. The number of aryl methyl sites for hydroxylation is 2. The second kappa shape index (κ2) is 8.86. The summed E-state index contributed by atoms with van der Waals surface area (Å²) < 4.78 is 5.57. The molecule has 0 radical (unpaired) electrons. The van der Waals surface area contributed by atoms with Gasteiger partial charge in [0.2, 0.25) is 0 Å². The lowest BCUT2D eigenvalue weighted by Crippen LogP contribution is -2.44. The second-order valence-electron chi connectivity index (χ2n) is 7.35. The van der Waals surface area contributed by atoms with Gasteiger partial charge in [0.15, 0.2) is 11.6 Å². The van der Waals surface area contributed by atoms with Crippen LogP contribution in [0.3, 0.4) is 0 Å². The van der Waals surface area contributed by atoms with Gasteiger partial charge in [-0.15, -0.1) is 12.4 Å². The zero-order chi connectivity index (χ0) is 19.7. The normalized spacial score (nSPS) is 17.0. The molecule has 29 heavy (non-hydrogen) atoms. The molecular weight excluding hydrogens is 388 g/mol. The van der Waals surface area contributed by atoms with E-state index in [-0.39, 0.29) is 24.2 Å². The van der Waals surface area contributed by atoms with Crippen LogP contribution in [0.25, 0.3) is 11.5 Å². The lowest BCUT2D eigenvalue weighted by atomic mass is 9.94. The number of hydrogen-bond acceptors (Lipinski definition) is 6. The average Bonchev–Trinajstić information content (AvgIpc) is 3.19. The van der Waals surface area contributed by atoms with Crippen LogP contribution >= 0.6 is 12.4 Å². The molecule has 0 aliphatic carbocycles. The van der Waals surface area contributed by atoms with Crippen LogP contribution in [0, 0.1) is 13.8 Å². The number of carbonyl (C=O) groups is 1. The molecule has 1 atom stereocenters. The van der Waals surface area contributed by atoms with Crippen molar-refractivity contribution in [2.45, 2.75) is 19.9 Å². The van der Waals surface area contributed by atoms with Gasteiger partial charge < -0.3 is 9.84 Å². The van der Waals surface area contributed by atoms with Gasteiger partial charge in [-0.1, -0.05) is 41.1 Å². The molecule has 1 aliphatic heterocycles. The lowest BCUT2D eigenvalue weighted by molar-refractivity contribution is 0.103. The standard InChI is InChI=1S/C22H24N4O2.ClH/c1-14-8-9-15(2)18(12-14)20(27)16-6-4-5-7-17(16)22-24-21(25-28-22)19-13-23-10-11-26(19)3;/h4-9,12,19,23H,10-11,13H2,1-3H3;1H. The van der Waals surface area contributed by atoms with Crippen molar-refractivity contribution in [3.05, 3.63) is 70.5 Å². The summed E-state index contributed by atoms with van der Waals surface area (Å²) in [6.07, 6.45) is 0. The minimum Gasteiger partial charge on any atom is -0.334 e. The van der Waals surface area contributed by atoms with Gasteiger partial charge in [-0.2, -0.15) is 4.98 Å². The van der Waals surface area contributed by atoms with Crippen molar-refractivity contribution in [1.82, 2.24) is 20.4 Å². The molecule has 152 valence electrons.